The Kier molecular flexibility index (Phi) is 4.47. The number of halogens is 1. The fourth-order valence-corrected chi connectivity index (χ4v) is 3.29. The third-order valence-electron chi connectivity index (χ3n) is 4.53. The van der Waals surface area contributed by atoms with Gasteiger partial charge in [-0.25, -0.2) is 9.07 Å². The number of carbonyl (C=O) groups excluding carboxylic acids is 1. The van der Waals surface area contributed by atoms with Gasteiger partial charge in [-0.15, -0.1) is 5.10 Å². The van der Waals surface area contributed by atoms with E-state index in [0.29, 0.717) is 12.0 Å². The highest BCUT2D eigenvalue weighted by Crippen LogP contribution is 2.30. The summed E-state index contributed by atoms with van der Waals surface area (Å²) in [6.45, 7) is 2.99. The van der Waals surface area contributed by atoms with Crippen molar-refractivity contribution in [1.29, 1.82) is 0 Å². The molecule has 1 aromatic heterocycles. The van der Waals surface area contributed by atoms with E-state index in [1.165, 1.54) is 12.1 Å². The number of hydrogen-bond acceptors (Lipinski definition) is 5. The lowest BCUT2D eigenvalue weighted by atomic mass is 10.0. The van der Waals surface area contributed by atoms with Crippen LogP contribution in [0.4, 0.5) is 4.39 Å². The molecule has 2 heterocycles. The number of tetrazole rings is 1. The van der Waals surface area contributed by atoms with E-state index in [9.17, 15) is 9.18 Å². The van der Waals surface area contributed by atoms with E-state index in [0.717, 1.165) is 25.2 Å². The quantitative estimate of drug-likeness (QED) is 0.791. The zero-order valence-electron chi connectivity index (χ0n) is 13.3. The minimum atomic E-state index is -0.326. The molecule has 1 fully saturated rings. The molecule has 0 bridgehead atoms. The third-order valence-corrected chi connectivity index (χ3v) is 4.53. The summed E-state index contributed by atoms with van der Waals surface area (Å²) in [4.78, 5) is 14.7. The summed E-state index contributed by atoms with van der Waals surface area (Å²) in [5.74, 6) is 0.517. The average molecular weight is 317 g/mol. The summed E-state index contributed by atoms with van der Waals surface area (Å²) in [6, 6.07) is 5.98. The number of hydrogen-bond donors (Lipinski definition) is 0. The lowest BCUT2D eigenvalue weighted by Gasteiger charge is -2.29. The van der Waals surface area contributed by atoms with Gasteiger partial charge in [0.25, 0.3) is 0 Å². The first kappa shape index (κ1) is 15.7. The maximum absolute atomic E-state index is 13.0. The lowest BCUT2D eigenvalue weighted by molar-refractivity contribution is 0.0917. The zero-order chi connectivity index (χ0) is 16.4. The molecule has 2 aromatic rings. The summed E-state index contributed by atoms with van der Waals surface area (Å²) in [5, 5.41) is 11.6. The van der Waals surface area contributed by atoms with Crippen molar-refractivity contribution in [2.24, 2.45) is 7.05 Å². The standard InChI is InChI=1S/C16H20FN5O/c1-11(16-18-19-20-21(16)2)22-9-3-4-14(22)10-15(23)12-5-7-13(17)8-6-12/h5-8,11,14H,3-4,9-10H2,1-2H3/t11-,14-/m1/s1. The Balaban J connectivity index is 1.70. The van der Waals surface area contributed by atoms with Gasteiger partial charge in [0.1, 0.15) is 5.82 Å². The SMILES string of the molecule is C[C@H](c1nnnn1C)N1CCC[C@@H]1CC(=O)c1ccc(F)cc1. The summed E-state index contributed by atoms with van der Waals surface area (Å²) < 4.78 is 14.6. The molecule has 1 aliphatic rings. The van der Waals surface area contributed by atoms with Crippen LogP contribution in [0.15, 0.2) is 24.3 Å². The van der Waals surface area contributed by atoms with Crippen molar-refractivity contribution in [3.05, 3.63) is 41.5 Å². The van der Waals surface area contributed by atoms with Crippen molar-refractivity contribution in [2.75, 3.05) is 6.54 Å². The summed E-state index contributed by atoms with van der Waals surface area (Å²) in [6.07, 6.45) is 2.46. The molecule has 0 N–H and O–H groups in total. The molecule has 122 valence electrons. The molecule has 0 radical (unpaired) electrons. The molecule has 0 unspecified atom stereocenters. The predicted octanol–water partition coefficient (Wildman–Crippen LogP) is 2.15. The van der Waals surface area contributed by atoms with E-state index in [-0.39, 0.29) is 23.7 Å². The predicted molar refractivity (Wildman–Crippen MR) is 82.3 cm³/mol. The maximum Gasteiger partial charge on any atom is 0.167 e. The van der Waals surface area contributed by atoms with Crippen LogP contribution in [0.2, 0.25) is 0 Å². The second kappa shape index (κ2) is 6.54. The summed E-state index contributed by atoms with van der Waals surface area (Å²) in [7, 11) is 1.82. The van der Waals surface area contributed by atoms with Gasteiger partial charge < -0.3 is 0 Å². The molecular formula is C16H20FN5O. The number of aryl methyl sites for hydroxylation is 1. The maximum atomic E-state index is 13.0. The van der Waals surface area contributed by atoms with Gasteiger partial charge in [0, 0.05) is 25.1 Å². The number of nitrogens with zero attached hydrogens (tertiary/aromatic N) is 5. The van der Waals surface area contributed by atoms with E-state index in [2.05, 4.69) is 27.3 Å². The smallest absolute Gasteiger partial charge is 0.167 e. The lowest BCUT2D eigenvalue weighted by Crippen LogP contribution is -2.35. The van der Waals surface area contributed by atoms with Gasteiger partial charge in [-0.2, -0.15) is 0 Å². The Labute approximate surface area is 134 Å². The molecule has 0 aliphatic carbocycles. The topological polar surface area (TPSA) is 63.9 Å². The molecule has 2 atom stereocenters. The molecule has 0 saturated carbocycles. The number of carbonyl (C=O) groups is 1. The van der Waals surface area contributed by atoms with Crippen molar-refractivity contribution in [2.45, 2.75) is 38.3 Å². The molecule has 6 nitrogen and oxygen atoms in total. The fraction of sp³-hybridized carbons (Fsp3) is 0.500. The Bertz CT molecular complexity index is 684. The first-order valence-corrected chi connectivity index (χ1v) is 7.83. The average Bonchev–Trinajstić information content (AvgIpc) is 3.16. The Hall–Kier alpha value is -2.15. The van der Waals surface area contributed by atoms with Crippen molar-refractivity contribution in [3.8, 4) is 0 Å². The minimum absolute atomic E-state index is 0.0465. The number of benzene rings is 1. The molecule has 23 heavy (non-hydrogen) atoms. The molecule has 0 spiro atoms. The second-order valence-corrected chi connectivity index (χ2v) is 6.00. The van der Waals surface area contributed by atoms with E-state index in [1.807, 2.05) is 7.05 Å². The monoisotopic (exact) mass is 317 g/mol. The number of rotatable bonds is 5. The van der Waals surface area contributed by atoms with Crippen LogP contribution in [0.25, 0.3) is 0 Å². The number of Topliss-reactive ketones (excluding diaryl/α,β-unsaturated/α-hetero) is 1. The summed E-state index contributed by atoms with van der Waals surface area (Å²) >= 11 is 0. The third kappa shape index (κ3) is 3.29. The van der Waals surface area contributed by atoms with Crippen LogP contribution in [0, 0.1) is 5.82 Å². The first-order chi connectivity index (χ1) is 11.1. The minimum Gasteiger partial charge on any atom is -0.294 e. The van der Waals surface area contributed by atoms with Crippen LogP contribution in [0.1, 0.15) is 48.4 Å². The molecule has 1 aromatic carbocycles. The zero-order valence-corrected chi connectivity index (χ0v) is 13.3. The highest BCUT2D eigenvalue weighted by atomic mass is 19.1. The Morgan fingerprint density at radius 2 is 2.13 bits per heavy atom. The number of likely N-dealkylation sites (tertiary alicyclic amines) is 1. The van der Waals surface area contributed by atoms with Crippen LogP contribution in [0.3, 0.4) is 0 Å². The van der Waals surface area contributed by atoms with E-state index >= 15 is 0 Å². The molecule has 3 rings (SSSR count). The van der Waals surface area contributed by atoms with Crippen LogP contribution < -0.4 is 0 Å². The number of aromatic nitrogens is 4. The van der Waals surface area contributed by atoms with E-state index in [4.69, 9.17) is 0 Å². The number of ketones is 1. The van der Waals surface area contributed by atoms with E-state index in [1.54, 1.807) is 16.8 Å². The van der Waals surface area contributed by atoms with Gasteiger partial charge in [0.05, 0.1) is 6.04 Å². The van der Waals surface area contributed by atoms with Gasteiger partial charge in [-0.05, 0) is 61.0 Å². The van der Waals surface area contributed by atoms with Crippen molar-refractivity contribution < 1.29 is 9.18 Å². The summed E-state index contributed by atoms with van der Waals surface area (Å²) in [5.41, 5.74) is 0.561. The van der Waals surface area contributed by atoms with Crippen molar-refractivity contribution in [1.82, 2.24) is 25.1 Å². The second-order valence-electron chi connectivity index (χ2n) is 6.00. The fourth-order valence-electron chi connectivity index (χ4n) is 3.29. The van der Waals surface area contributed by atoms with Gasteiger partial charge in [-0.3, -0.25) is 9.69 Å². The van der Waals surface area contributed by atoms with Gasteiger partial charge >= 0.3 is 0 Å². The molecule has 7 heteroatoms. The van der Waals surface area contributed by atoms with Crippen LogP contribution in [-0.2, 0) is 7.05 Å². The molecule has 1 saturated heterocycles. The van der Waals surface area contributed by atoms with Crippen molar-refractivity contribution in [3.63, 3.8) is 0 Å². The van der Waals surface area contributed by atoms with Crippen LogP contribution >= 0.6 is 0 Å². The van der Waals surface area contributed by atoms with Crippen LogP contribution in [0.5, 0.6) is 0 Å². The van der Waals surface area contributed by atoms with Crippen LogP contribution in [-0.4, -0.2) is 43.5 Å². The molecular weight excluding hydrogens is 297 g/mol. The van der Waals surface area contributed by atoms with Gasteiger partial charge in [0.2, 0.25) is 0 Å². The Morgan fingerprint density at radius 1 is 1.39 bits per heavy atom. The van der Waals surface area contributed by atoms with Gasteiger partial charge in [-0.1, -0.05) is 0 Å². The van der Waals surface area contributed by atoms with E-state index < -0.39 is 0 Å². The Morgan fingerprint density at radius 3 is 2.78 bits per heavy atom. The van der Waals surface area contributed by atoms with Gasteiger partial charge in [0.15, 0.2) is 11.6 Å². The van der Waals surface area contributed by atoms with Crippen molar-refractivity contribution >= 4 is 5.78 Å². The molecule has 1 aliphatic heterocycles. The normalized spacial score (nSPS) is 19.9. The molecule has 0 amide bonds. The first-order valence-electron chi connectivity index (χ1n) is 7.83. The largest absolute Gasteiger partial charge is 0.294 e. The highest BCUT2D eigenvalue weighted by Gasteiger charge is 2.32. The highest BCUT2D eigenvalue weighted by molar-refractivity contribution is 5.96.